The molecule has 0 amide bonds. The normalized spacial score (nSPS) is 12.7. The molecule has 3 heteroatoms. The fraction of sp³-hybridized carbons (Fsp3) is 0.167. The maximum Gasteiger partial charge on any atom is 0.0701 e. The van der Waals surface area contributed by atoms with Gasteiger partial charge < -0.3 is 5.73 Å². The molecule has 15 heavy (non-hydrogen) atoms. The first-order valence-electron chi connectivity index (χ1n) is 4.73. The Balaban J connectivity index is 2.36. The molecule has 0 saturated heterocycles. The topological polar surface area (TPSA) is 26.0 Å². The molecule has 0 aliphatic rings. The molecule has 1 heterocycles. The van der Waals surface area contributed by atoms with Gasteiger partial charge in [0, 0.05) is 0 Å². The molecular formula is C12H12BrNS. The van der Waals surface area contributed by atoms with Crippen molar-refractivity contribution in [2.45, 2.75) is 13.0 Å². The van der Waals surface area contributed by atoms with Crippen molar-refractivity contribution in [1.29, 1.82) is 0 Å². The Hall–Kier alpha value is -0.640. The van der Waals surface area contributed by atoms with E-state index in [1.54, 1.807) is 11.3 Å². The Morgan fingerprint density at radius 1 is 1.33 bits per heavy atom. The van der Waals surface area contributed by atoms with Gasteiger partial charge in [0.15, 0.2) is 0 Å². The van der Waals surface area contributed by atoms with Gasteiger partial charge in [-0.2, -0.15) is 0 Å². The molecular weight excluding hydrogens is 270 g/mol. The number of hydrogen-bond donors (Lipinski definition) is 1. The van der Waals surface area contributed by atoms with Crippen LogP contribution >= 0.6 is 27.3 Å². The Bertz CT molecular complexity index is 464. The van der Waals surface area contributed by atoms with Crippen LogP contribution in [0.15, 0.2) is 39.5 Å². The van der Waals surface area contributed by atoms with Crippen molar-refractivity contribution in [3.63, 3.8) is 0 Å². The van der Waals surface area contributed by atoms with Crippen LogP contribution < -0.4 is 5.73 Å². The second-order valence-electron chi connectivity index (χ2n) is 3.52. The minimum absolute atomic E-state index is 0.0197. The fourth-order valence-corrected chi connectivity index (χ4v) is 2.81. The van der Waals surface area contributed by atoms with Gasteiger partial charge in [-0.15, -0.1) is 11.3 Å². The van der Waals surface area contributed by atoms with E-state index in [0.717, 1.165) is 3.79 Å². The molecule has 0 aliphatic heterocycles. The maximum absolute atomic E-state index is 6.22. The molecule has 0 aliphatic carbocycles. The summed E-state index contributed by atoms with van der Waals surface area (Å²) in [5, 5.41) is 2.10. The number of nitrogens with two attached hydrogens (primary N) is 1. The van der Waals surface area contributed by atoms with Gasteiger partial charge in [0.25, 0.3) is 0 Å². The quantitative estimate of drug-likeness (QED) is 0.889. The van der Waals surface area contributed by atoms with Gasteiger partial charge in [-0.25, -0.2) is 0 Å². The zero-order chi connectivity index (χ0) is 10.8. The van der Waals surface area contributed by atoms with Gasteiger partial charge in [0.2, 0.25) is 0 Å². The molecule has 0 radical (unpaired) electrons. The Morgan fingerprint density at radius 3 is 2.67 bits per heavy atom. The first-order chi connectivity index (χ1) is 7.18. The summed E-state index contributed by atoms with van der Waals surface area (Å²) in [6.45, 7) is 2.09. The number of hydrogen-bond acceptors (Lipinski definition) is 2. The molecule has 2 rings (SSSR count). The van der Waals surface area contributed by atoms with E-state index in [1.807, 2.05) is 12.1 Å². The lowest BCUT2D eigenvalue weighted by atomic mass is 9.98. The van der Waals surface area contributed by atoms with Crippen LogP contribution in [0.25, 0.3) is 0 Å². The van der Waals surface area contributed by atoms with Crippen LogP contribution in [-0.4, -0.2) is 0 Å². The third-order valence-electron chi connectivity index (χ3n) is 2.47. The molecule has 78 valence electrons. The van der Waals surface area contributed by atoms with Crippen LogP contribution in [0.2, 0.25) is 0 Å². The Morgan fingerprint density at radius 2 is 2.07 bits per heavy atom. The average molecular weight is 282 g/mol. The van der Waals surface area contributed by atoms with Crippen LogP contribution in [0, 0.1) is 6.92 Å². The van der Waals surface area contributed by atoms with E-state index in [0.29, 0.717) is 0 Å². The highest BCUT2D eigenvalue weighted by Gasteiger charge is 2.11. The molecule has 0 fully saturated rings. The first-order valence-corrected chi connectivity index (χ1v) is 6.41. The van der Waals surface area contributed by atoms with E-state index >= 15 is 0 Å². The predicted molar refractivity (Wildman–Crippen MR) is 69.2 cm³/mol. The highest BCUT2D eigenvalue weighted by atomic mass is 79.9. The van der Waals surface area contributed by atoms with Crippen LogP contribution in [0.5, 0.6) is 0 Å². The number of benzene rings is 1. The average Bonchev–Trinajstić information content (AvgIpc) is 2.65. The van der Waals surface area contributed by atoms with Crippen molar-refractivity contribution in [3.8, 4) is 0 Å². The molecule has 0 spiro atoms. The van der Waals surface area contributed by atoms with Crippen molar-refractivity contribution >= 4 is 27.3 Å². The first kappa shape index (κ1) is 10.9. The molecule has 1 unspecified atom stereocenters. The van der Waals surface area contributed by atoms with Gasteiger partial charge in [-0.05, 0) is 51.0 Å². The van der Waals surface area contributed by atoms with E-state index in [-0.39, 0.29) is 6.04 Å². The highest BCUT2D eigenvalue weighted by molar-refractivity contribution is 9.11. The van der Waals surface area contributed by atoms with E-state index in [1.165, 1.54) is 16.7 Å². The summed E-state index contributed by atoms with van der Waals surface area (Å²) in [6.07, 6.45) is 0. The van der Waals surface area contributed by atoms with E-state index in [2.05, 4.69) is 46.4 Å². The summed E-state index contributed by atoms with van der Waals surface area (Å²) < 4.78 is 1.13. The van der Waals surface area contributed by atoms with Crippen molar-refractivity contribution in [2.24, 2.45) is 5.73 Å². The highest BCUT2D eigenvalue weighted by Crippen LogP contribution is 2.28. The molecule has 2 aromatic rings. The zero-order valence-electron chi connectivity index (χ0n) is 8.41. The van der Waals surface area contributed by atoms with E-state index < -0.39 is 0 Å². The molecule has 2 N–H and O–H groups in total. The lowest BCUT2D eigenvalue weighted by Gasteiger charge is -2.12. The van der Waals surface area contributed by atoms with Crippen LogP contribution in [-0.2, 0) is 0 Å². The number of halogens is 1. The fourth-order valence-electron chi connectivity index (χ4n) is 1.60. The summed E-state index contributed by atoms with van der Waals surface area (Å²) in [6, 6.07) is 10.3. The van der Waals surface area contributed by atoms with Gasteiger partial charge >= 0.3 is 0 Å². The van der Waals surface area contributed by atoms with Crippen molar-refractivity contribution in [3.05, 3.63) is 56.2 Å². The molecule has 0 bridgehead atoms. The minimum Gasteiger partial charge on any atom is -0.320 e. The third kappa shape index (κ3) is 2.30. The van der Waals surface area contributed by atoms with Gasteiger partial charge in [0.1, 0.15) is 0 Å². The van der Waals surface area contributed by atoms with Crippen LogP contribution in [0.3, 0.4) is 0 Å². The monoisotopic (exact) mass is 281 g/mol. The predicted octanol–water partition coefficient (Wildman–Crippen LogP) is 3.87. The summed E-state index contributed by atoms with van der Waals surface area (Å²) in [4.78, 5) is 0. The smallest absolute Gasteiger partial charge is 0.0701 e. The second kappa shape index (κ2) is 4.47. The second-order valence-corrected chi connectivity index (χ2v) is 5.81. The summed E-state index contributed by atoms with van der Waals surface area (Å²) in [5.41, 5.74) is 9.82. The third-order valence-corrected chi connectivity index (χ3v) is 3.99. The van der Waals surface area contributed by atoms with Gasteiger partial charge in [-0.3, -0.25) is 0 Å². The number of rotatable bonds is 2. The molecule has 1 aromatic carbocycles. The number of thiophene rings is 1. The van der Waals surface area contributed by atoms with Gasteiger partial charge in [0.05, 0.1) is 9.83 Å². The minimum atomic E-state index is -0.0197. The molecule has 1 nitrogen and oxygen atoms in total. The lowest BCUT2D eigenvalue weighted by molar-refractivity contribution is 0.866. The molecule has 1 aromatic heterocycles. The van der Waals surface area contributed by atoms with Crippen molar-refractivity contribution < 1.29 is 0 Å². The number of aryl methyl sites for hydroxylation is 1. The van der Waals surface area contributed by atoms with E-state index in [9.17, 15) is 0 Å². The summed E-state index contributed by atoms with van der Waals surface area (Å²) in [5.74, 6) is 0. The van der Waals surface area contributed by atoms with Crippen molar-refractivity contribution in [1.82, 2.24) is 0 Å². The lowest BCUT2D eigenvalue weighted by Crippen LogP contribution is -2.12. The summed E-state index contributed by atoms with van der Waals surface area (Å²) in [7, 11) is 0. The van der Waals surface area contributed by atoms with Crippen molar-refractivity contribution in [2.75, 3.05) is 0 Å². The Kier molecular flexibility index (Phi) is 3.24. The largest absolute Gasteiger partial charge is 0.320 e. The standard InChI is InChI=1S/C12H12BrNS/c1-8-4-2-3-5-10(8)12(14)9-6-11(13)15-7-9/h2-7,12H,14H2,1H3. The zero-order valence-corrected chi connectivity index (χ0v) is 10.8. The molecule has 0 saturated carbocycles. The van der Waals surface area contributed by atoms with Gasteiger partial charge in [-0.1, -0.05) is 24.3 Å². The summed E-state index contributed by atoms with van der Waals surface area (Å²) >= 11 is 5.12. The maximum atomic E-state index is 6.22. The Labute approximate surface area is 102 Å². The van der Waals surface area contributed by atoms with E-state index in [4.69, 9.17) is 5.73 Å². The van der Waals surface area contributed by atoms with Crippen LogP contribution in [0.1, 0.15) is 22.7 Å². The SMILES string of the molecule is Cc1ccccc1C(N)c1csc(Br)c1. The molecule has 1 atom stereocenters. The van der Waals surface area contributed by atoms with Crippen LogP contribution in [0.4, 0.5) is 0 Å².